The lowest BCUT2D eigenvalue weighted by Crippen LogP contribution is -2.77. The fraction of sp³-hybridized carbons (Fsp3) is 0.621. The highest BCUT2D eigenvalue weighted by Crippen LogP contribution is 2.56. The van der Waals surface area contributed by atoms with Crippen LogP contribution in [0.3, 0.4) is 0 Å². The van der Waals surface area contributed by atoms with Crippen LogP contribution in [0.4, 0.5) is 0 Å². The number of nitrogens with zero attached hydrogens (tertiary/aromatic N) is 1. The number of phenols is 1. The van der Waals surface area contributed by atoms with Crippen molar-refractivity contribution in [3.8, 4) is 5.75 Å². The number of aliphatic hydroxyl groups excluding tert-OH is 1. The molecule has 0 spiro atoms. The Kier molecular flexibility index (Phi) is 6.40. The second-order valence-corrected chi connectivity index (χ2v) is 12.3. The summed E-state index contributed by atoms with van der Waals surface area (Å²) in [5, 5.41) is 37.2. The van der Waals surface area contributed by atoms with Gasteiger partial charge >= 0.3 is 0 Å². The van der Waals surface area contributed by atoms with Crippen molar-refractivity contribution < 1.29 is 39.3 Å². The van der Waals surface area contributed by atoms with Gasteiger partial charge in [0, 0.05) is 18.5 Å². The lowest BCUT2D eigenvalue weighted by atomic mass is 9.49. The third-order valence-electron chi connectivity index (χ3n) is 10.1. The second kappa shape index (κ2) is 9.04. The number of aromatic hydroxyl groups is 1. The van der Waals surface area contributed by atoms with E-state index in [4.69, 9.17) is 0 Å². The molecule has 0 heterocycles. The number of amides is 1. The van der Waals surface area contributed by atoms with Crippen molar-refractivity contribution in [3.63, 3.8) is 0 Å². The monoisotopic (exact) mass is 540 g/mol. The molecule has 0 bridgehead atoms. The van der Waals surface area contributed by atoms with Gasteiger partial charge in [-0.1, -0.05) is 38.8 Å². The predicted octanol–water partition coefficient (Wildman–Crippen LogP) is 0.491. The van der Waals surface area contributed by atoms with E-state index in [1.165, 1.54) is 26.0 Å². The molecule has 8 atom stereocenters. The number of carbonyl (C=O) groups excluding carboxylic acids is 5. The Morgan fingerprint density at radius 2 is 1.69 bits per heavy atom. The molecule has 1 aromatic carbocycles. The third kappa shape index (κ3) is 3.47. The fourth-order valence-electron chi connectivity index (χ4n) is 8.02. The number of rotatable bonds is 3. The van der Waals surface area contributed by atoms with Crippen LogP contribution in [0.5, 0.6) is 5.75 Å². The molecule has 10 heteroatoms. The van der Waals surface area contributed by atoms with Crippen molar-refractivity contribution in [2.24, 2.45) is 23.7 Å². The Morgan fingerprint density at radius 1 is 1.08 bits per heavy atom. The molecule has 4 N–H and O–H groups in total. The lowest BCUT2D eigenvalue weighted by Gasteiger charge is -2.56. The number of nitrogens with one attached hydrogen (secondary N) is 1. The van der Waals surface area contributed by atoms with Crippen molar-refractivity contribution in [1.29, 1.82) is 0 Å². The van der Waals surface area contributed by atoms with Gasteiger partial charge in [0.15, 0.2) is 34.7 Å². The van der Waals surface area contributed by atoms with E-state index < -0.39 is 76.4 Å². The Labute approximate surface area is 226 Å². The number of carbonyl (C=O) groups is 5. The van der Waals surface area contributed by atoms with E-state index in [1.807, 2.05) is 6.92 Å². The number of ketones is 4. The zero-order valence-corrected chi connectivity index (χ0v) is 22.9. The minimum atomic E-state index is -2.95. The van der Waals surface area contributed by atoms with Crippen molar-refractivity contribution in [2.75, 3.05) is 21.1 Å². The van der Waals surface area contributed by atoms with Crippen LogP contribution in [-0.4, -0.2) is 88.1 Å². The van der Waals surface area contributed by atoms with Gasteiger partial charge in [0.1, 0.15) is 5.75 Å². The molecule has 1 aromatic rings. The zero-order valence-electron chi connectivity index (χ0n) is 22.9. The maximum absolute atomic E-state index is 14.1. The number of Topliss-reactive ketones (excluding diaryl/α,β-unsaturated/α-hetero) is 4. The van der Waals surface area contributed by atoms with E-state index in [0.29, 0.717) is 11.1 Å². The van der Waals surface area contributed by atoms with Crippen molar-refractivity contribution in [3.05, 3.63) is 28.8 Å². The topological polar surface area (TPSA) is 161 Å². The second-order valence-electron chi connectivity index (χ2n) is 12.3. The summed E-state index contributed by atoms with van der Waals surface area (Å²) in [6, 6.07) is 2.23. The van der Waals surface area contributed by atoms with Gasteiger partial charge in [-0.3, -0.25) is 28.9 Å². The normalized spacial score (nSPS) is 37.4. The van der Waals surface area contributed by atoms with Crippen LogP contribution < -0.4 is 5.32 Å². The lowest BCUT2D eigenvalue weighted by molar-refractivity contribution is -0.197. The minimum absolute atomic E-state index is 0.0247. The van der Waals surface area contributed by atoms with E-state index in [0.717, 1.165) is 25.7 Å². The van der Waals surface area contributed by atoms with Crippen LogP contribution in [0.25, 0.3) is 0 Å². The quantitative estimate of drug-likeness (QED) is 0.400. The average Bonchev–Trinajstić information content (AvgIpc) is 3.33. The van der Waals surface area contributed by atoms with Crippen LogP contribution >= 0.6 is 0 Å². The maximum Gasteiger partial charge on any atom is 0.238 e. The Balaban J connectivity index is 1.69. The molecular weight excluding hydrogens is 504 g/mol. The van der Waals surface area contributed by atoms with E-state index in [2.05, 4.69) is 5.32 Å². The summed E-state index contributed by atoms with van der Waals surface area (Å²) in [6.07, 6.45) is 2.04. The van der Waals surface area contributed by atoms with E-state index in [1.54, 1.807) is 19.1 Å². The molecule has 0 radical (unpaired) electrons. The van der Waals surface area contributed by atoms with Crippen molar-refractivity contribution in [1.82, 2.24) is 10.2 Å². The highest BCUT2D eigenvalue weighted by Gasteiger charge is 2.73. The molecule has 4 aliphatic carbocycles. The molecule has 4 aliphatic rings. The molecule has 210 valence electrons. The van der Waals surface area contributed by atoms with Gasteiger partial charge in [0.05, 0.1) is 29.5 Å². The SMILES string of the molecule is CNC(=O)C1C(=O)[C@@H](N(C)C)[C@@H]2[C@@H](O)[C@H]3C(C(=O)c4c(ccc(C5(C)CCCC5)c4O)[C@@H]3C)C(=O)[C@]2(O)C1=O. The summed E-state index contributed by atoms with van der Waals surface area (Å²) in [4.78, 5) is 69.2. The van der Waals surface area contributed by atoms with Gasteiger partial charge in [0.2, 0.25) is 5.91 Å². The number of likely N-dealkylation sites (N-methyl/N-ethyl adjacent to an activating group) is 1. The number of fused-ring (bicyclic) bond motifs is 3. The van der Waals surface area contributed by atoms with Crippen LogP contribution in [0.2, 0.25) is 0 Å². The number of hydrogen-bond acceptors (Lipinski definition) is 9. The molecule has 39 heavy (non-hydrogen) atoms. The largest absolute Gasteiger partial charge is 0.507 e. The first-order valence-electron chi connectivity index (χ1n) is 13.5. The standard InChI is InChI=1S/C29H36N2O8/c1-12-13-8-9-14(28(2)10-6-7-11-28)21(32)16(13)22(33)17-15(12)23(34)19-20(31(4)5)24(35)18(27(38)30-3)26(37)29(19,39)25(17)36/h8-9,12,15,17-20,23,32,34,39H,6-7,10-11H2,1-5H3,(H,30,38)/t12-,15+,17?,18?,19+,20-,23-,29-/m0/s1. The van der Waals surface area contributed by atoms with E-state index >= 15 is 0 Å². The van der Waals surface area contributed by atoms with Crippen LogP contribution in [0.1, 0.15) is 66.9 Å². The summed E-state index contributed by atoms with van der Waals surface area (Å²) < 4.78 is 0. The molecular formula is C29H36N2O8. The van der Waals surface area contributed by atoms with Gasteiger partial charge < -0.3 is 20.6 Å². The molecule has 5 rings (SSSR count). The molecule has 0 aromatic heterocycles. The minimum Gasteiger partial charge on any atom is -0.507 e. The number of aliphatic hydroxyl groups is 2. The third-order valence-corrected chi connectivity index (χ3v) is 10.1. The van der Waals surface area contributed by atoms with Gasteiger partial charge in [-0.05, 0) is 43.8 Å². The zero-order chi connectivity index (χ0) is 28.8. The first-order chi connectivity index (χ1) is 18.2. The van der Waals surface area contributed by atoms with E-state index in [-0.39, 0.29) is 16.7 Å². The molecule has 3 saturated carbocycles. The molecule has 1 amide bonds. The van der Waals surface area contributed by atoms with Gasteiger partial charge in [-0.25, -0.2) is 0 Å². The smallest absolute Gasteiger partial charge is 0.238 e. The number of hydrogen-bond donors (Lipinski definition) is 4. The molecule has 10 nitrogen and oxygen atoms in total. The number of phenolic OH excluding ortho intramolecular Hbond substituents is 1. The van der Waals surface area contributed by atoms with E-state index in [9.17, 15) is 39.3 Å². The molecule has 0 aliphatic heterocycles. The summed E-state index contributed by atoms with van der Waals surface area (Å²) in [7, 11) is 4.22. The van der Waals surface area contributed by atoms with Crippen LogP contribution in [0, 0.1) is 23.7 Å². The molecule has 0 saturated heterocycles. The summed E-state index contributed by atoms with van der Waals surface area (Å²) in [6.45, 7) is 3.76. The fourth-order valence-corrected chi connectivity index (χ4v) is 8.02. The Bertz CT molecular complexity index is 1300. The first-order valence-corrected chi connectivity index (χ1v) is 13.5. The van der Waals surface area contributed by atoms with Crippen LogP contribution in [0.15, 0.2) is 12.1 Å². The van der Waals surface area contributed by atoms with Gasteiger partial charge in [-0.2, -0.15) is 0 Å². The van der Waals surface area contributed by atoms with Gasteiger partial charge in [0.25, 0.3) is 0 Å². The average molecular weight is 541 g/mol. The molecule has 2 unspecified atom stereocenters. The Hall–Kier alpha value is -2.95. The Morgan fingerprint density at radius 3 is 2.26 bits per heavy atom. The highest BCUT2D eigenvalue weighted by atomic mass is 16.3. The van der Waals surface area contributed by atoms with Crippen molar-refractivity contribution >= 4 is 29.0 Å². The highest BCUT2D eigenvalue weighted by molar-refractivity contribution is 6.32. The summed E-state index contributed by atoms with van der Waals surface area (Å²) >= 11 is 0. The number of benzene rings is 1. The molecule has 3 fully saturated rings. The van der Waals surface area contributed by atoms with Crippen molar-refractivity contribution in [2.45, 2.75) is 68.6 Å². The predicted molar refractivity (Wildman–Crippen MR) is 138 cm³/mol. The first kappa shape index (κ1) is 27.6. The maximum atomic E-state index is 14.1. The van der Waals surface area contributed by atoms with Gasteiger partial charge in [-0.15, -0.1) is 0 Å². The van der Waals surface area contributed by atoms with Crippen LogP contribution in [-0.2, 0) is 24.6 Å². The summed E-state index contributed by atoms with van der Waals surface area (Å²) in [5.41, 5.74) is -2.22. The summed E-state index contributed by atoms with van der Waals surface area (Å²) in [5.74, 6) is -12.1.